The molecule has 0 fully saturated rings. The topological polar surface area (TPSA) is 87.7 Å². The van der Waals surface area contributed by atoms with E-state index in [2.05, 4.69) is 10.6 Å². The van der Waals surface area contributed by atoms with Crippen molar-refractivity contribution in [2.75, 3.05) is 32.1 Å². The van der Waals surface area contributed by atoms with Crippen molar-refractivity contribution in [3.63, 3.8) is 0 Å². The number of amides is 3. The number of nitrogens with zero attached hydrogens (tertiary/aromatic N) is 1. The second kappa shape index (κ2) is 9.96. The number of hydrogen-bond donors (Lipinski definition) is 2. The van der Waals surface area contributed by atoms with Crippen LogP contribution in [-0.2, 0) is 9.59 Å². The molecule has 0 aliphatic rings. The highest BCUT2D eigenvalue weighted by atomic mass is 16.5. The Bertz CT molecular complexity index is 776. The van der Waals surface area contributed by atoms with Gasteiger partial charge in [-0.25, -0.2) is 0 Å². The summed E-state index contributed by atoms with van der Waals surface area (Å²) in [6, 6.07) is 15.6. The molecule has 0 spiro atoms. The Hall–Kier alpha value is -3.35. The second-order valence-electron chi connectivity index (χ2n) is 5.81. The van der Waals surface area contributed by atoms with Crippen LogP contribution in [0.15, 0.2) is 54.6 Å². The molecule has 0 bridgehead atoms. The molecule has 0 aliphatic heterocycles. The van der Waals surface area contributed by atoms with Gasteiger partial charge in [-0.05, 0) is 43.3 Å². The molecule has 2 N–H and O–H groups in total. The van der Waals surface area contributed by atoms with Crippen molar-refractivity contribution < 1.29 is 19.1 Å². The average Bonchev–Trinajstić information content (AvgIpc) is 2.68. The third-order valence-corrected chi connectivity index (χ3v) is 3.64. The molecule has 0 unspecified atom stereocenters. The Balaban J connectivity index is 1.75. The number of carbonyl (C=O) groups is 3. The molecule has 0 aromatic heterocycles. The van der Waals surface area contributed by atoms with Crippen LogP contribution >= 0.6 is 0 Å². The summed E-state index contributed by atoms with van der Waals surface area (Å²) in [5.41, 5.74) is 1.11. The standard InChI is InChI=1S/C20H23N3O4/c1-3-27-17-11-9-16(10-12-17)22-18(24)13-21-19(25)14-23(2)20(26)15-7-5-4-6-8-15/h4-12H,3,13-14H2,1-2H3,(H,21,25)(H,22,24). The van der Waals surface area contributed by atoms with Crippen molar-refractivity contribution in [3.05, 3.63) is 60.2 Å². The Morgan fingerprint density at radius 2 is 1.63 bits per heavy atom. The van der Waals surface area contributed by atoms with Gasteiger partial charge in [0, 0.05) is 18.3 Å². The molecule has 0 saturated heterocycles. The van der Waals surface area contributed by atoms with Crippen molar-refractivity contribution >= 4 is 23.4 Å². The number of anilines is 1. The van der Waals surface area contributed by atoms with Gasteiger partial charge in [0.25, 0.3) is 5.91 Å². The first-order chi connectivity index (χ1) is 13.0. The molecule has 0 atom stereocenters. The van der Waals surface area contributed by atoms with Gasteiger partial charge in [-0.15, -0.1) is 0 Å². The van der Waals surface area contributed by atoms with Gasteiger partial charge in [-0.3, -0.25) is 14.4 Å². The molecule has 0 aliphatic carbocycles. The normalized spacial score (nSPS) is 10.0. The van der Waals surface area contributed by atoms with Gasteiger partial charge in [0.1, 0.15) is 5.75 Å². The molecule has 0 radical (unpaired) electrons. The molecule has 142 valence electrons. The zero-order valence-electron chi connectivity index (χ0n) is 15.4. The molecular weight excluding hydrogens is 346 g/mol. The number of benzene rings is 2. The van der Waals surface area contributed by atoms with E-state index in [0.29, 0.717) is 17.9 Å². The van der Waals surface area contributed by atoms with Crippen LogP contribution in [0.2, 0.25) is 0 Å². The molecule has 7 heteroatoms. The van der Waals surface area contributed by atoms with Crippen LogP contribution in [0.25, 0.3) is 0 Å². The lowest BCUT2D eigenvalue weighted by atomic mass is 10.2. The smallest absolute Gasteiger partial charge is 0.254 e. The first-order valence-corrected chi connectivity index (χ1v) is 8.59. The fraction of sp³-hybridized carbons (Fsp3) is 0.250. The van der Waals surface area contributed by atoms with E-state index in [-0.39, 0.29) is 24.9 Å². The maximum atomic E-state index is 12.2. The molecule has 2 aromatic carbocycles. The molecule has 2 rings (SSSR count). The number of ether oxygens (including phenoxy) is 1. The first kappa shape index (κ1) is 20.0. The minimum absolute atomic E-state index is 0.135. The predicted octanol–water partition coefficient (Wildman–Crippen LogP) is 1.91. The van der Waals surface area contributed by atoms with E-state index in [1.165, 1.54) is 11.9 Å². The van der Waals surface area contributed by atoms with Crippen LogP contribution in [0, 0.1) is 0 Å². The van der Waals surface area contributed by atoms with Gasteiger partial charge in [0.2, 0.25) is 11.8 Å². The monoisotopic (exact) mass is 369 g/mol. The Morgan fingerprint density at radius 3 is 2.26 bits per heavy atom. The van der Waals surface area contributed by atoms with Crippen LogP contribution in [-0.4, -0.2) is 49.4 Å². The van der Waals surface area contributed by atoms with E-state index in [9.17, 15) is 14.4 Å². The lowest BCUT2D eigenvalue weighted by molar-refractivity contribution is -0.124. The van der Waals surface area contributed by atoms with E-state index in [4.69, 9.17) is 4.74 Å². The third kappa shape index (κ3) is 6.47. The van der Waals surface area contributed by atoms with Crippen molar-refractivity contribution in [2.45, 2.75) is 6.92 Å². The van der Waals surface area contributed by atoms with E-state index < -0.39 is 5.91 Å². The van der Waals surface area contributed by atoms with Crippen molar-refractivity contribution in [3.8, 4) is 5.75 Å². The molecule has 3 amide bonds. The summed E-state index contributed by atoms with van der Waals surface area (Å²) in [5, 5.41) is 5.18. The fourth-order valence-corrected chi connectivity index (χ4v) is 2.33. The minimum Gasteiger partial charge on any atom is -0.494 e. The van der Waals surface area contributed by atoms with Gasteiger partial charge in [0.05, 0.1) is 19.7 Å². The molecule has 0 saturated carbocycles. The zero-order chi connectivity index (χ0) is 19.6. The summed E-state index contributed by atoms with van der Waals surface area (Å²) >= 11 is 0. The summed E-state index contributed by atoms with van der Waals surface area (Å²) < 4.78 is 5.33. The van der Waals surface area contributed by atoms with Crippen LogP contribution in [0.3, 0.4) is 0 Å². The van der Waals surface area contributed by atoms with Crippen LogP contribution in [0.5, 0.6) is 5.75 Å². The quantitative estimate of drug-likeness (QED) is 0.744. The summed E-state index contributed by atoms with van der Waals surface area (Å²) in [6.45, 7) is 2.14. The van der Waals surface area contributed by atoms with Crippen LogP contribution in [0.4, 0.5) is 5.69 Å². The third-order valence-electron chi connectivity index (χ3n) is 3.64. The van der Waals surface area contributed by atoms with Crippen LogP contribution in [0.1, 0.15) is 17.3 Å². The van der Waals surface area contributed by atoms with Gasteiger partial charge in [-0.1, -0.05) is 18.2 Å². The van der Waals surface area contributed by atoms with Gasteiger partial charge < -0.3 is 20.3 Å². The summed E-state index contributed by atoms with van der Waals surface area (Å²) in [7, 11) is 1.54. The zero-order valence-corrected chi connectivity index (χ0v) is 15.4. The molecule has 0 heterocycles. The van der Waals surface area contributed by atoms with E-state index in [1.54, 1.807) is 48.5 Å². The average molecular weight is 369 g/mol. The fourth-order valence-electron chi connectivity index (χ4n) is 2.33. The van der Waals surface area contributed by atoms with Gasteiger partial charge in [-0.2, -0.15) is 0 Å². The predicted molar refractivity (Wildman–Crippen MR) is 103 cm³/mol. The molecular formula is C20H23N3O4. The minimum atomic E-state index is -0.413. The number of nitrogens with one attached hydrogen (secondary N) is 2. The molecule has 7 nitrogen and oxygen atoms in total. The highest BCUT2D eigenvalue weighted by Gasteiger charge is 2.15. The van der Waals surface area contributed by atoms with Crippen molar-refractivity contribution in [1.29, 1.82) is 0 Å². The summed E-state index contributed by atoms with van der Waals surface area (Å²) in [4.78, 5) is 37.4. The molecule has 2 aromatic rings. The van der Waals surface area contributed by atoms with Gasteiger partial charge in [0.15, 0.2) is 0 Å². The lowest BCUT2D eigenvalue weighted by Gasteiger charge is -2.16. The van der Waals surface area contributed by atoms with E-state index in [0.717, 1.165) is 5.75 Å². The highest BCUT2D eigenvalue weighted by Crippen LogP contribution is 2.15. The Morgan fingerprint density at radius 1 is 0.963 bits per heavy atom. The number of likely N-dealkylation sites (N-methyl/N-ethyl adjacent to an activating group) is 1. The summed E-state index contributed by atoms with van der Waals surface area (Å²) in [6.07, 6.45) is 0. The Kier molecular flexibility index (Phi) is 7.37. The number of hydrogen-bond acceptors (Lipinski definition) is 4. The SMILES string of the molecule is CCOc1ccc(NC(=O)CNC(=O)CN(C)C(=O)c2ccccc2)cc1. The highest BCUT2D eigenvalue weighted by molar-refractivity contribution is 5.97. The first-order valence-electron chi connectivity index (χ1n) is 8.59. The summed E-state index contributed by atoms with van der Waals surface area (Å²) in [5.74, 6) is -0.312. The Labute approximate surface area is 158 Å². The largest absolute Gasteiger partial charge is 0.494 e. The maximum Gasteiger partial charge on any atom is 0.254 e. The molecule has 27 heavy (non-hydrogen) atoms. The second-order valence-corrected chi connectivity index (χ2v) is 5.81. The maximum absolute atomic E-state index is 12.2. The number of rotatable bonds is 8. The van der Waals surface area contributed by atoms with Crippen molar-refractivity contribution in [1.82, 2.24) is 10.2 Å². The van der Waals surface area contributed by atoms with Gasteiger partial charge >= 0.3 is 0 Å². The van der Waals surface area contributed by atoms with E-state index >= 15 is 0 Å². The van der Waals surface area contributed by atoms with Crippen LogP contribution < -0.4 is 15.4 Å². The lowest BCUT2D eigenvalue weighted by Crippen LogP contribution is -2.41. The number of carbonyl (C=O) groups excluding carboxylic acids is 3. The van der Waals surface area contributed by atoms with E-state index in [1.807, 2.05) is 13.0 Å². The van der Waals surface area contributed by atoms with Crippen molar-refractivity contribution in [2.24, 2.45) is 0 Å².